The molecule has 1 atom stereocenters. The van der Waals surface area contributed by atoms with Crippen LogP contribution in [0.3, 0.4) is 0 Å². The monoisotopic (exact) mass is 169 g/mol. The zero-order valence-electron chi connectivity index (χ0n) is 7.83. The van der Waals surface area contributed by atoms with Crippen LogP contribution in [0.25, 0.3) is 0 Å². The Morgan fingerprint density at radius 1 is 1.75 bits per heavy atom. The molecule has 0 bridgehead atoms. The van der Waals surface area contributed by atoms with Crippen LogP contribution in [0.5, 0.6) is 0 Å². The fourth-order valence-corrected chi connectivity index (χ4v) is 1.26. The first-order valence-corrected chi connectivity index (χ1v) is 4.12. The second kappa shape index (κ2) is 3.72. The second-order valence-electron chi connectivity index (χ2n) is 3.22. The maximum Gasteiger partial charge on any atom is 0.334 e. The molecule has 0 fully saturated rings. The minimum absolute atomic E-state index is 0.200. The second-order valence-corrected chi connectivity index (χ2v) is 3.22. The van der Waals surface area contributed by atoms with Crippen LogP contribution in [-0.4, -0.2) is 37.6 Å². The molecular formula is C9H15NO2. The molecule has 0 aliphatic carbocycles. The van der Waals surface area contributed by atoms with E-state index >= 15 is 0 Å². The highest BCUT2D eigenvalue weighted by molar-refractivity contribution is 5.88. The number of esters is 1. The molecular weight excluding hydrogens is 154 g/mol. The Hall–Kier alpha value is -0.830. The van der Waals surface area contributed by atoms with E-state index in [9.17, 15) is 4.79 Å². The molecule has 0 spiro atoms. The number of ether oxygens (including phenoxy) is 1. The van der Waals surface area contributed by atoms with Gasteiger partial charge in [-0.3, -0.25) is 4.90 Å². The molecule has 68 valence electrons. The van der Waals surface area contributed by atoms with E-state index in [1.165, 1.54) is 7.11 Å². The van der Waals surface area contributed by atoms with Crippen LogP contribution >= 0.6 is 0 Å². The summed E-state index contributed by atoms with van der Waals surface area (Å²) in [6.07, 6.45) is 2.90. The highest BCUT2D eigenvalue weighted by Gasteiger charge is 2.20. The van der Waals surface area contributed by atoms with Crippen LogP contribution in [0.4, 0.5) is 0 Å². The topological polar surface area (TPSA) is 29.5 Å². The third-order valence-corrected chi connectivity index (χ3v) is 2.33. The van der Waals surface area contributed by atoms with Crippen molar-refractivity contribution in [3.63, 3.8) is 0 Å². The van der Waals surface area contributed by atoms with Crippen molar-refractivity contribution in [1.29, 1.82) is 0 Å². The van der Waals surface area contributed by atoms with Crippen molar-refractivity contribution >= 4 is 5.97 Å². The van der Waals surface area contributed by atoms with Gasteiger partial charge in [-0.25, -0.2) is 4.79 Å². The van der Waals surface area contributed by atoms with E-state index in [1.807, 2.05) is 13.1 Å². The first-order valence-electron chi connectivity index (χ1n) is 4.12. The Bertz CT molecular complexity index is 211. The molecule has 0 aromatic heterocycles. The van der Waals surface area contributed by atoms with Crippen LogP contribution < -0.4 is 0 Å². The largest absolute Gasteiger partial charge is 0.466 e. The van der Waals surface area contributed by atoms with E-state index in [0.29, 0.717) is 12.6 Å². The molecule has 0 amide bonds. The van der Waals surface area contributed by atoms with Gasteiger partial charge >= 0.3 is 5.97 Å². The number of methoxy groups -OCH3 is 1. The van der Waals surface area contributed by atoms with Crippen molar-refractivity contribution in [3.05, 3.63) is 11.6 Å². The summed E-state index contributed by atoms with van der Waals surface area (Å²) < 4.78 is 4.64. The SMILES string of the molecule is COC(=O)C1=CCC(C)N(C)C1. The van der Waals surface area contributed by atoms with Crippen molar-refractivity contribution in [2.75, 3.05) is 20.7 Å². The fraction of sp³-hybridized carbons (Fsp3) is 0.667. The van der Waals surface area contributed by atoms with Gasteiger partial charge in [-0.15, -0.1) is 0 Å². The molecule has 0 aromatic rings. The molecule has 1 unspecified atom stereocenters. The summed E-state index contributed by atoms with van der Waals surface area (Å²) in [5.41, 5.74) is 0.776. The van der Waals surface area contributed by atoms with Crippen molar-refractivity contribution in [2.45, 2.75) is 19.4 Å². The smallest absolute Gasteiger partial charge is 0.334 e. The molecule has 1 heterocycles. The lowest BCUT2D eigenvalue weighted by Gasteiger charge is -2.28. The summed E-state index contributed by atoms with van der Waals surface area (Å²) in [5.74, 6) is -0.200. The minimum atomic E-state index is -0.200. The van der Waals surface area contributed by atoms with E-state index in [-0.39, 0.29) is 5.97 Å². The highest BCUT2D eigenvalue weighted by atomic mass is 16.5. The van der Waals surface area contributed by atoms with Gasteiger partial charge in [0.1, 0.15) is 0 Å². The van der Waals surface area contributed by atoms with E-state index in [2.05, 4.69) is 16.6 Å². The van der Waals surface area contributed by atoms with E-state index in [1.54, 1.807) is 0 Å². The van der Waals surface area contributed by atoms with Gasteiger partial charge < -0.3 is 4.74 Å². The summed E-state index contributed by atoms with van der Waals surface area (Å²) in [6.45, 7) is 2.85. The Balaban J connectivity index is 2.64. The number of hydrogen-bond donors (Lipinski definition) is 0. The zero-order valence-corrected chi connectivity index (χ0v) is 7.83. The summed E-state index contributed by atoms with van der Waals surface area (Å²) >= 11 is 0. The number of likely N-dealkylation sites (N-methyl/N-ethyl adjacent to an activating group) is 1. The summed E-state index contributed by atoms with van der Waals surface area (Å²) in [7, 11) is 3.43. The molecule has 3 heteroatoms. The van der Waals surface area contributed by atoms with Crippen LogP contribution in [-0.2, 0) is 9.53 Å². The van der Waals surface area contributed by atoms with Crippen molar-refractivity contribution in [2.24, 2.45) is 0 Å². The maximum absolute atomic E-state index is 11.1. The summed E-state index contributed by atoms with van der Waals surface area (Å²) in [6, 6.07) is 0.526. The molecule has 0 saturated heterocycles. The molecule has 0 aromatic carbocycles. The van der Waals surface area contributed by atoms with Gasteiger partial charge in [0.15, 0.2) is 0 Å². The summed E-state index contributed by atoms with van der Waals surface area (Å²) in [4.78, 5) is 13.2. The van der Waals surface area contributed by atoms with Gasteiger partial charge in [-0.2, -0.15) is 0 Å². The lowest BCUT2D eigenvalue weighted by Crippen LogP contribution is -2.35. The average molecular weight is 169 g/mol. The lowest BCUT2D eigenvalue weighted by molar-refractivity contribution is -0.136. The Morgan fingerprint density at radius 2 is 2.42 bits per heavy atom. The fourth-order valence-electron chi connectivity index (χ4n) is 1.26. The molecule has 0 radical (unpaired) electrons. The Morgan fingerprint density at radius 3 is 2.92 bits per heavy atom. The van der Waals surface area contributed by atoms with E-state index in [4.69, 9.17) is 0 Å². The highest BCUT2D eigenvalue weighted by Crippen LogP contribution is 2.14. The van der Waals surface area contributed by atoms with Crippen LogP contribution in [0.1, 0.15) is 13.3 Å². The number of carbonyl (C=O) groups excluding carboxylic acids is 1. The van der Waals surface area contributed by atoms with Crippen LogP contribution in [0.2, 0.25) is 0 Å². The molecule has 3 nitrogen and oxygen atoms in total. The first kappa shape index (κ1) is 9.26. The van der Waals surface area contributed by atoms with Crippen LogP contribution in [0, 0.1) is 0 Å². The number of hydrogen-bond acceptors (Lipinski definition) is 3. The molecule has 12 heavy (non-hydrogen) atoms. The number of nitrogens with zero attached hydrogens (tertiary/aromatic N) is 1. The molecule has 1 aliphatic rings. The number of rotatable bonds is 1. The molecule has 0 saturated carbocycles. The quantitative estimate of drug-likeness (QED) is 0.544. The average Bonchev–Trinajstić information content (AvgIpc) is 2.08. The normalized spacial score (nSPS) is 24.9. The predicted molar refractivity (Wildman–Crippen MR) is 46.8 cm³/mol. The summed E-state index contributed by atoms with van der Waals surface area (Å²) in [5, 5.41) is 0. The van der Waals surface area contributed by atoms with Gasteiger partial charge in [0.25, 0.3) is 0 Å². The van der Waals surface area contributed by atoms with Gasteiger partial charge in [0, 0.05) is 18.2 Å². The molecule has 0 N–H and O–H groups in total. The van der Waals surface area contributed by atoms with Gasteiger partial charge in [0.2, 0.25) is 0 Å². The Kier molecular flexibility index (Phi) is 2.87. The molecule has 1 rings (SSSR count). The van der Waals surface area contributed by atoms with Crippen molar-refractivity contribution < 1.29 is 9.53 Å². The van der Waals surface area contributed by atoms with Crippen molar-refractivity contribution in [3.8, 4) is 0 Å². The zero-order chi connectivity index (χ0) is 9.14. The predicted octanol–water partition coefficient (Wildman–Crippen LogP) is 0.810. The van der Waals surface area contributed by atoms with E-state index in [0.717, 1.165) is 12.0 Å². The minimum Gasteiger partial charge on any atom is -0.466 e. The van der Waals surface area contributed by atoms with Gasteiger partial charge in [0.05, 0.1) is 7.11 Å². The Labute approximate surface area is 73.0 Å². The first-order chi connectivity index (χ1) is 5.65. The number of carbonyl (C=O) groups is 1. The van der Waals surface area contributed by atoms with Gasteiger partial charge in [-0.1, -0.05) is 6.08 Å². The lowest BCUT2D eigenvalue weighted by atomic mass is 10.1. The standard InChI is InChI=1S/C9H15NO2/c1-7-4-5-8(6-10(7)2)9(11)12-3/h5,7H,4,6H2,1-3H3. The van der Waals surface area contributed by atoms with Crippen molar-refractivity contribution in [1.82, 2.24) is 4.90 Å². The maximum atomic E-state index is 11.1. The third kappa shape index (κ3) is 1.85. The van der Waals surface area contributed by atoms with Gasteiger partial charge in [-0.05, 0) is 20.4 Å². The third-order valence-electron chi connectivity index (χ3n) is 2.33. The van der Waals surface area contributed by atoms with Crippen LogP contribution in [0.15, 0.2) is 11.6 Å². The molecule has 1 aliphatic heterocycles. The van der Waals surface area contributed by atoms with E-state index < -0.39 is 0 Å².